The fourth-order valence-corrected chi connectivity index (χ4v) is 1.76. The zero-order chi connectivity index (χ0) is 10.7. The molecule has 0 aromatic rings. The molecule has 1 aliphatic rings. The van der Waals surface area contributed by atoms with E-state index in [0.29, 0.717) is 13.0 Å². The molecule has 0 spiro atoms. The maximum Gasteiger partial charge on any atom is 0.404 e. The fourth-order valence-electron chi connectivity index (χ4n) is 1.76. The van der Waals surface area contributed by atoms with Gasteiger partial charge in [0.2, 0.25) is 5.91 Å². The number of nitrogens with zero attached hydrogens (tertiary/aromatic N) is 1. The van der Waals surface area contributed by atoms with Crippen molar-refractivity contribution < 1.29 is 14.7 Å². The first-order valence-corrected chi connectivity index (χ1v) is 4.55. The SMILES string of the molecule is C[C@H]1[C@H](NC(=O)O)CCN1C(=O)CN. The van der Waals surface area contributed by atoms with Crippen LogP contribution in [0, 0.1) is 0 Å². The summed E-state index contributed by atoms with van der Waals surface area (Å²) in [5.74, 6) is -0.132. The van der Waals surface area contributed by atoms with E-state index in [9.17, 15) is 9.59 Å². The summed E-state index contributed by atoms with van der Waals surface area (Å²) in [5.41, 5.74) is 5.23. The molecular formula is C8H15N3O3. The lowest BCUT2D eigenvalue weighted by molar-refractivity contribution is -0.130. The Bertz CT molecular complexity index is 244. The maximum atomic E-state index is 11.3. The van der Waals surface area contributed by atoms with Crippen molar-refractivity contribution in [3.05, 3.63) is 0 Å². The van der Waals surface area contributed by atoms with E-state index in [2.05, 4.69) is 5.32 Å². The number of carbonyl (C=O) groups is 2. The van der Waals surface area contributed by atoms with Crippen LogP contribution in [0.4, 0.5) is 4.79 Å². The molecule has 1 rings (SSSR count). The molecule has 0 bridgehead atoms. The van der Waals surface area contributed by atoms with Gasteiger partial charge in [0.25, 0.3) is 0 Å². The number of hydrogen-bond acceptors (Lipinski definition) is 3. The van der Waals surface area contributed by atoms with Crippen molar-refractivity contribution in [2.45, 2.75) is 25.4 Å². The number of nitrogens with two attached hydrogens (primary N) is 1. The van der Waals surface area contributed by atoms with E-state index in [-0.39, 0.29) is 24.5 Å². The van der Waals surface area contributed by atoms with Gasteiger partial charge in [0, 0.05) is 12.6 Å². The molecule has 0 saturated carbocycles. The van der Waals surface area contributed by atoms with E-state index in [1.807, 2.05) is 6.92 Å². The van der Waals surface area contributed by atoms with Crippen LogP contribution in [0.25, 0.3) is 0 Å². The lowest BCUT2D eigenvalue weighted by Gasteiger charge is -2.23. The van der Waals surface area contributed by atoms with E-state index in [0.717, 1.165) is 0 Å². The van der Waals surface area contributed by atoms with Crippen LogP contribution in [0.3, 0.4) is 0 Å². The zero-order valence-corrected chi connectivity index (χ0v) is 8.06. The summed E-state index contributed by atoms with van der Waals surface area (Å²) in [6.07, 6.45) is -0.400. The first-order chi connectivity index (χ1) is 6.56. The number of nitrogens with one attached hydrogen (secondary N) is 1. The third-order valence-corrected chi connectivity index (χ3v) is 2.56. The van der Waals surface area contributed by atoms with Gasteiger partial charge in [-0.2, -0.15) is 0 Å². The molecule has 2 amide bonds. The molecule has 0 aromatic heterocycles. The van der Waals surface area contributed by atoms with Crippen LogP contribution in [0.1, 0.15) is 13.3 Å². The molecule has 2 atom stereocenters. The van der Waals surface area contributed by atoms with Crippen LogP contribution in [0.2, 0.25) is 0 Å². The second-order valence-electron chi connectivity index (χ2n) is 3.38. The molecule has 80 valence electrons. The van der Waals surface area contributed by atoms with Gasteiger partial charge in [-0.25, -0.2) is 4.79 Å². The highest BCUT2D eigenvalue weighted by Crippen LogP contribution is 2.17. The van der Waals surface area contributed by atoms with Gasteiger partial charge < -0.3 is 21.1 Å². The molecule has 14 heavy (non-hydrogen) atoms. The van der Waals surface area contributed by atoms with E-state index in [1.54, 1.807) is 4.90 Å². The van der Waals surface area contributed by atoms with Gasteiger partial charge in [-0.15, -0.1) is 0 Å². The number of rotatable bonds is 2. The normalized spacial score (nSPS) is 26.3. The fraction of sp³-hybridized carbons (Fsp3) is 0.750. The van der Waals surface area contributed by atoms with E-state index in [1.165, 1.54) is 0 Å². The summed E-state index contributed by atoms with van der Waals surface area (Å²) in [7, 11) is 0. The minimum Gasteiger partial charge on any atom is -0.465 e. The van der Waals surface area contributed by atoms with Crippen LogP contribution in [0.15, 0.2) is 0 Å². The van der Waals surface area contributed by atoms with Crippen LogP contribution < -0.4 is 11.1 Å². The van der Waals surface area contributed by atoms with Gasteiger partial charge >= 0.3 is 6.09 Å². The van der Waals surface area contributed by atoms with Crippen molar-refractivity contribution in [2.24, 2.45) is 5.73 Å². The van der Waals surface area contributed by atoms with Gasteiger partial charge in [-0.05, 0) is 13.3 Å². The molecule has 0 radical (unpaired) electrons. The average Bonchev–Trinajstić information content (AvgIpc) is 2.46. The topological polar surface area (TPSA) is 95.7 Å². The van der Waals surface area contributed by atoms with Crippen LogP contribution >= 0.6 is 0 Å². The molecule has 1 aliphatic heterocycles. The quantitative estimate of drug-likeness (QED) is 0.545. The Labute approximate surface area is 82.1 Å². The Kier molecular flexibility index (Phi) is 3.29. The van der Waals surface area contributed by atoms with Crippen molar-refractivity contribution in [1.29, 1.82) is 0 Å². The van der Waals surface area contributed by atoms with Crippen molar-refractivity contribution in [3.8, 4) is 0 Å². The predicted molar refractivity (Wildman–Crippen MR) is 49.8 cm³/mol. The Balaban J connectivity index is 2.55. The van der Waals surface area contributed by atoms with Crippen molar-refractivity contribution in [1.82, 2.24) is 10.2 Å². The van der Waals surface area contributed by atoms with Gasteiger partial charge in [0.15, 0.2) is 0 Å². The summed E-state index contributed by atoms with van der Waals surface area (Å²) in [6.45, 7) is 2.37. The lowest BCUT2D eigenvalue weighted by Crippen LogP contribution is -2.46. The van der Waals surface area contributed by atoms with E-state index >= 15 is 0 Å². The lowest BCUT2D eigenvalue weighted by atomic mass is 10.1. The first-order valence-electron chi connectivity index (χ1n) is 4.55. The molecule has 4 N–H and O–H groups in total. The van der Waals surface area contributed by atoms with Crippen molar-refractivity contribution in [2.75, 3.05) is 13.1 Å². The average molecular weight is 201 g/mol. The molecular weight excluding hydrogens is 186 g/mol. The predicted octanol–water partition coefficient (Wildman–Crippen LogP) is -0.798. The minimum atomic E-state index is -1.05. The van der Waals surface area contributed by atoms with Gasteiger partial charge in [-0.1, -0.05) is 0 Å². The molecule has 0 aliphatic carbocycles. The second kappa shape index (κ2) is 4.28. The Morgan fingerprint density at radius 3 is 2.79 bits per heavy atom. The first kappa shape index (κ1) is 10.8. The van der Waals surface area contributed by atoms with Gasteiger partial charge in [-0.3, -0.25) is 4.79 Å². The minimum absolute atomic E-state index is 0.0237. The highest BCUT2D eigenvalue weighted by atomic mass is 16.4. The van der Waals surface area contributed by atoms with Crippen molar-refractivity contribution in [3.63, 3.8) is 0 Å². The molecule has 1 fully saturated rings. The third kappa shape index (κ3) is 2.14. The number of carboxylic acid groups (broad SMARTS) is 1. The van der Waals surface area contributed by atoms with Crippen LogP contribution in [-0.2, 0) is 4.79 Å². The molecule has 1 heterocycles. The summed E-state index contributed by atoms with van der Waals surface area (Å²) >= 11 is 0. The molecule has 1 saturated heterocycles. The third-order valence-electron chi connectivity index (χ3n) is 2.56. The monoisotopic (exact) mass is 201 g/mol. The molecule has 0 aromatic carbocycles. The molecule has 6 heteroatoms. The highest BCUT2D eigenvalue weighted by Gasteiger charge is 2.33. The zero-order valence-electron chi connectivity index (χ0n) is 8.06. The Morgan fingerprint density at radius 1 is 1.64 bits per heavy atom. The largest absolute Gasteiger partial charge is 0.465 e. The molecule has 0 unspecified atom stereocenters. The maximum absolute atomic E-state index is 11.3. The standard InChI is InChI=1S/C8H15N3O3/c1-5-6(10-8(13)14)2-3-11(5)7(12)4-9/h5-6,10H,2-4,9H2,1H3,(H,13,14)/t5-,6+/m0/s1. The number of carbonyl (C=O) groups excluding carboxylic acids is 1. The smallest absolute Gasteiger partial charge is 0.404 e. The van der Waals surface area contributed by atoms with Crippen LogP contribution in [-0.4, -0.2) is 47.2 Å². The summed E-state index contributed by atoms with van der Waals surface area (Å²) in [5, 5.41) is 10.9. The number of amides is 2. The second-order valence-corrected chi connectivity index (χ2v) is 3.38. The number of likely N-dealkylation sites (tertiary alicyclic amines) is 1. The van der Waals surface area contributed by atoms with Crippen molar-refractivity contribution >= 4 is 12.0 Å². The van der Waals surface area contributed by atoms with E-state index in [4.69, 9.17) is 10.8 Å². The van der Waals surface area contributed by atoms with Gasteiger partial charge in [0.05, 0.1) is 12.6 Å². The van der Waals surface area contributed by atoms with Gasteiger partial charge in [0.1, 0.15) is 0 Å². The Morgan fingerprint density at radius 2 is 2.29 bits per heavy atom. The van der Waals surface area contributed by atoms with Crippen LogP contribution in [0.5, 0.6) is 0 Å². The summed E-state index contributed by atoms with van der Waals surface area (Å²) in [4.78, 5) is 23.3. The summed E-state index contributed by atoms with van der Waals surface area (Å²) in [6, 6.07) is -0.287. The van der Waals surface area contributed by atoms with E-state index < -0.39 is 6.09 Å². The highest BCUT2D eigenvalue weighted by molar-refractivity contribution is 5.79. The molecule has 6 nitrogen and oxygen atoms in total. The number of hydrogen-bond donors (Lipinski definition) is 3. The Hall–Kier alpha value is -1.30. The summed E-state index contributed by atoms with van der Waals surface area (Å²) < 4.78 is 0.